The predicted molar refractivity (Wildman–Crippen MR) is 109 cm³/mol. The lowest BCUT2D eigenvalue weighted by molar-refractivity contribution is -0.907. The number of aromatic nitrogens is 3. The number of amides is 1. The third kappa shape index (κ3) is 5.31. The highest BCUT2D eigenvalue weighted by atomic mass is 16.5. The van der Waals surface area contributed by atoms with Gasteiger partial charge >= 0.3 is 5.82 Å². The van der Waals surface area contributed by atoms with E-state index in [1.807, 2.05) is 40.2 Å². The average Bonchev–Trinajstić information content (AvgIpc) is 3.33. The molecule has 7 heteroatoms. The Morgan fingerprint density at radius 3 is 2.90 bits per heavy atom. The van der Waals surface area contributed by atoms with E-state index in [2.05, 4.69) is 22.2 Å². The van der Waals surface area contributed by atoms with Gasteiger partial charge in [0.2, 0.25) is 0 Å². The summed E-state index contributed by atoms with van der Waals surface area (Å²) >= 11 is 0. The second-order valence-electron chi connectivity index (χ2n) is 7.93. The van der Waals surface area contributed by atoms with Crippen LogP contribution in [-0.4, -0.2) is 66.8 Å². The highest BCUT2D eigenvalue weighted by molar-refractivity contribution is 5.94. The highest BCUT2D eigenvalue weighted by Crippen LogP contribution is 2.20. The minimum atomic E-state index is 0.0859. The van der Waals surface area contributed by atoms with E-state index in [-0.39, 0.29) is 5.91 Å². The molecule has 1 fully saturated rings. The molecule has 1 aliphatic heterocycles. The first-order valence-electron chi connectivity index (χ1n) is 10.7. The number of nitrogens with one attached hydrogen (secondary N) is 2. The standard InChI is InChI=1S/C22H29N5O2/c28-22(20-7-8-21(23-17-20)27-10-4-9-24-27)26(18-19-5-2-1-3-6-19)12-11-25-13-15-29-16-14-25/h1-2,4,7-10,17,19H,3,5-6,11-16,18H2/p+2/t19-/m1/s1. The van der Waals surface area contributed by atoms with Crippen LogP contribution < -0.4 is 9.58 Å². The number of hydrogen-bond donors (Lipinski definition) is 2. The molecule has 4 rings (SSSR count). The number of H-pyrrole nitrogens is 1. The number of quaternary nitrogens is 1. The van der Waals surface area contributed by atoms with Crippen molar-refractivity contribution >= 4 is 5.91 Å². The molecule has 0 aromatic carbocycles. The molecule has 0 saturated carbocycles. The first-order valence-corrected chi connectivity index (χ1v) is 10.7. The fourth-order valence-corrected chi connectivity index (χ4v) is 4.09. The van der Waals surface area contributed by atoms with E-state index in [1.165, 1.54) is 4.90 Å². The minimum absolute atomic E-state index is 0.0859. The maximum Gasteiger partial charge on any atom is 0.346 e. The molecule has 2 aromatic rings. The molecular weight excluding hydrogens is 366 g/mol. The van der Waals surface area contributed by atoms with Crippen LogP contribution in [0.2, 0.25) is 0 Å². The molecule has 0 spiro atoms. The van der Waals surface area contributed by atoms with Crippen LogP contribution in [0.4, 0.5) is 0 Å². The zero-order valence-electron chi connectivity index (χ0n) is 16.9. The van der Waals surface area contributed by atoms with Crippen LogP contribution in [0, 0.1) is 5.92 Å². The fourth-order valence-electron chi connectivity index (χ4n) is 4.09. The molecule has 0 unspecified atom stereocenters. The first kappa shape index (κ1) is 19.8. The van der Waals surface area contributed by atoms with Gasteiger partial charge in [0, 0.05) is 18.8 Å². The van der Waals surface area contributed by atoms with Gasteiger partial charge in [0.25, 0.3) is 5.91 Å². The third-order valence-electron chi connectivity index (χ3n) is 5.87. The number of allylic oxidation sites excluding steroid dienone is 2. The lowest BCUT2D eigenvalue weighted by Crippen LogP contribution is -3.14. The SMILES string of the molecule is O=C(c1ccc(-[n+]2ccc[nH]2)nc1)N(CC[NH+]1CCOCC1)C[C@@H]1CC=CCC1. The van der Waals surface area contributed by atoms with Crippen molar-refractivity contribution in [1.82, 2.24) is 15.0 Å². The number of hydrogen-bond acceptors (Lipinski definition) is 3. The number of carbonyl (C=O) groups excluding carboxylic acids is 1. The van der Waals surface area contributed by atoms with Crippen molar-refractivity contribution in [2.75, 3.05) is 45.9 Å². The van der Waals surface area contributed by atoms with Crippen molar-refractivity contribution in [2.24, 2.45) is 5.92 Å². The van der Waals surface area contributed by atoms with E-state index in [0.717, 1.165) is 71.0 Å². The summed E-state index contributed by atoms with van der Waals surface area (Å²) in [5.74, 6) is 1.40. The van der Waals surface area contributed by atoms with Crippen molar-refractivity contribution < 1.29 is 19.1 Å². The maximum absolute atomic E-state index is 13.3. The molecular formula is C22H31N5O2+2. The van der Waals surface area contributed by atoms with E-state index in [9.17, 15) is 4.79 Å². The number of nitrogens with zero attached hydrogens (tertiary/aromatic N) is 3. The predicted octanol–water partition coefficient (Wildman–Crippen LogP) is 0.400. The van der Waals surface area contributed by atoms with Crippen molar-refractivity contribution in [3.8, 4) is 5.82 Å². The van der Waals surface area contributed by atoms with Crippen molar-refractivity contribution in [1.29, 1.82) is 0 Å². The van der Waals surface area contributed by atoms with E-state index in [0.29, 0.717) is 11.5 Å². The molecule has 2 N–H and O–H groups in total. The quantitative estimate of drug-likeness (QED) is 0.525. The average molecular weight is 398 g/mol. The molecule has 3 heterocycles. The van der Waals surface area contributed by atoms with Crippen LogP contribution in [0.5, 0.6) is 0 Å². The summed E-state index contributed by atoms with van der Waals surface area (Å²) in [5.41, 5.74) is 0.657. The molecule has 154 valence electrons. The number of morpholine rings is 1. The Morgan fingerprint density at radius 2 is 2.21 bits per heavy atom. The van der Waals surface area contributed by atoms with Gasteiger partial charge in [-0.05, 0) is 42.3 Å². The second kappa shape index (κ2) is 9.80. The largest absolute Gasteiger partial charge is 0.370 e. The molecule has 2 aliphatic rings. The van der Waals surface area contributed by atoms with Crippen LogP contribution in [0.25, 0.3) is 5.82 Å². The number of pyridine rings is 1. The lowest BCUT2D eigenvalue weighted by Gasteiger charge is -2.30. The van der Waals surface area contributed by atoms with E-state index >= 15 is 0 Å². The Morgan fingerprint density at radius 1 is 1.31 bits per heavy atom. The van der Waals surface area contributed by atoms with Crippen molar-refractivity contribution in [2.45, 2.75) is 19.3 Å². The fraction of sp³-hybridized carbons (Fsp3) is 0.500. The normalized spacial score (nSPS) is 19.9. The Hall–Kier alpha value is -2.51. The first-order chi connectivity index (χ1) is 14.3. The Balaban J connectivity index is 1.44. The summed E-state index contributed by atoms with van der Waals surface area (Å²) < 4.78 is 7.29. The van der Waals surface area contributed by atoms with Gasteiger partial charge in [0.15, 0.2) is 6.20 Å². The van der Waals surface area contributed by atoms with Gasteiger partial charge < -0.3 is 14.5 Å². The molecule has 1 saturated heterocycles. The van der Waals surface area contributed by atoms with Gasteiger partial charge in [-0.1, -0.05) is 12.2 Å². The van der Waals surface area contributed by atoms with Crippen LogP contribution in [0.1, 0.15) is 29.6 Å². The molecule has 0 bridgehead atoms. The molecule has 29 heavy (non-hydrogen) atoms. The molecule has 2 aromatic heterocycles. The summed E-state index contributed by atoms with van der Waals surface area (Å²) in [4.78, 5) is 21.3. The number of aromatic amines is 1. The monoisotopic (exact) mass is 397 g/mol. The van der Waals surface area contributed by atoms with E-state index in [4.69, 9.17) is 4.74 Å². The molecule has 0 radical (unpaired) electrons. The van der Waals surface area contributed by atoms with Crippen molar-refractivity contribution in [3.63, 3.8) is 0 Å². The van der Waals surface area contributed by atoms with Crippen molar-refractivity contribution in [3.05, 3.63) is 54.5 Å². The Labute approximate surface area is 172 Å². The summed E-state index contributed by atoms with van der Waals surface area (Å²) in [6.45, 7) is 6.26. The number of rotatable bonds is 7. The van der Waals surface area contributed by atoms with E-state index < -0.39 is 0 Å². The maximum atomic E-state index is 13.3. The third-order valence-corrected chi connectivity index (χ3v) is 5.87. The minimum Gasteiger partial charge on any atom is -0.370 e. The zero-order valence-corrected chi connectivity index (χ0v) is 16.9. The van der Waals surface area contributed by atoms with Gasteiger partial charge in [0.05, 0.1) is 31.9 Å². The van der Waals surface area contributed by atoms with Gasteiger partial charge in [-0.15, -0.1) is 4.68 Å². The molecule has 1 atom stereocenters. The highest BCUT2D eigenvalue weighted by Gasteiger charge is 2.24. The summed E-state index contributed by atoms with van der Waals surface area (Å²) in [6.07, 6.45) is 13.3. The van der Waals surface area contributed by atoms with Crippen LogP contribution in [-0.2, 0) is 4.74 Å². The summed E-state index contributed by atoms with van der Waals surface area (Å²) in [5, 5.41) is 3.08. The summed E-state index contributed by atoms with van der Waals surface area (Å²) in [6, 6.07) is 5.68. The molecule has 1 amide bonds. The number of ether oxygens (including phenoxy) is 1. The van der Waals surface area contributed by atoms with Gasteiger partial charge in [0.1, 0.15) is 19.3 Å². The number of carbonyl (C=O) groups is 1. The second-order valence-corrected chi connectivity index (χ2v) is 7.93. The molecule has 1 aliphatic carbocycles. The smallest absolute Gasteiger partial charge is 0.346 e. The van der Waals surface area contributed by atoms with Crippen LogP contribution in [0.15, 0.2) is 48.9 Å². The zero-order chi connectivity index (χ0) is 19.9. The topological polar surface area (TPSA) is 66.5 Å². The van der Waals surface area contributed by atoms with Gasteiger partial charge in [-0.2, -0.15) is 0 Å². The summed E-state index contributed by atoms with van der Waals surface area (Å²) in [7, 11) is 0. The Kier molecular flexibility index (Phi) is 6.69. The lowest BCUT2D eigenvalue weighted by atomic mass is 9.93. The Bertz CT molecular complexity index is 797. The van der Waals surface area contributed by atoms with Crippen LogP contribution >= 0.6 is 0 Å². The van der Waals surface area contributed by atoms with Gasteiger partial charge in [-0.3, -0.25) is 4.79 Å². The molecule has 7 nitrogen and oxygen atoms in total. The van der Waals surface area contributed by atoms with E-state index in [1.54, 1.807) is 6.20 Å². The van der Waals surface area contributed by atoms with Gasteiger partial charge in [-0.25, -0.2) is 5.10 Å². The van der Waals surface area contributed by atoms with Crippen LogP contribution in [0.3, 0.4) is 0 Å².